The summed E-state index contributed by atoms with van der Waals surface area (Å²) in [7, 11) is 1.51. The van der Waals surface area contributed by atoms with Crippen LogP contribution in [0.2, 0.25) is 0 Å². The number of nitrogens with zero attached hydrogens (tertiary/aromatic N) is 3. The number of rotatable bonds is 7. The fourth-order valence-electron chi connectivity index (χ4n) is 1.98. The Morgan fingerprint density at radius 1 is 1.25 bits per heavy atom. The van der Waals surface area contributed by atoms with Crippen LogP contribution in [-0.4, -0.2) is 35.8 Å². The zero-order chi connectivity index (χ0) is 17.5. The molecule has 0 radical (unpaired) electrons. The molecular weight excluding hydrogens is 310 g/mol. The summed E-state index contributed by atoms with van der Waals surface area (Å²) < 4.78 is 10.5. The lowest BCUT2D eigenvalue weighted by Gasteiger charge is -2.09. The first-order chi connectivity index (χ1) is 11.5. The van der Waals surface area contributed by atoms with E-state index in [4.69, 9.17) is 15.2 Å². The van der Waals surface area contributed by atoms with E-state index in [0.29, 0.717) is 17.4 Å². The molecule has 1 aromatic carbocycles. The molecule has 0 fully saturated rings. The molecule has 0 saturated carbocycles. The van der Waals surface area contributed by atoms with Gasteiger partial charge in [-0.2, -0.15) is 5.10 Å². The van der Waals surface area contributed by atoms with E-state index in [1.54, 1.807) is 24.4 Å². The predicted molar refractivity (Wildman–Crippen MR) is 90.4 cm³/mol. The first-order valence-electron chi connectivity index (χ1n) is 7.18. The fraction of sp³-hybridized carbons (Fsp3) is 0.250. The molecule has 0 aliphatic heterocycles. The van der Waals surface area contributed by atoms with Crippen LogP contribution in [0.25, 0.3) is 0 Å². The molecule has 2 aromatic rings. The van der Waals surface area contributed by atoms with Gasteiger partial charge in [0.05, 0.1) is 13.3 Å². The molecule has 2 rings (SSSR count). The maximum Gasteiger partial charge on any atom is 0.255 e. The van der Waals surface area contributed by atoms with E-state index in [0.717, 1.165) is 17.0 Å². The van der Waals surface area contributed by atoms with Crippen molar-refractivity contribution in [1.29, 1.82) is 0 Å². The van der Waals surface area contributed by atoms with E-state index in [-0.39, 0.29) is 6.61 Å². The predicted octanol–water partition coefficient (Wildman–Crippen LogP) is 1.41. The van der Waals surface area contributed by atoms with Crippen molar-refractivity contribution in [1.82, 2.24) is 9.97 Å². The number of methoxy groups -OCH3 is 1. The lowest BCUT2D eigenvalue weighted by Crippen LogP contribution is -2.20. The monoisotopic (exact) mass is 329 g/mol. The van der Waals surface area contributed by atoms with Crippen molar-refractivity contribution in [3.63, 3.8) is 0 Å². The number of nitrogens with two attached hydrogens (primary N) is 1. The Kier molecular flexibility index (Phi) is 5.67. The van der Waals surface area contributed by atoms with E-state index < -0.39 is 5.91 Å². The summed E-state index contributed by atoms with van der Waals surface area (Å²) in [6.07, 6.45) is 1.58. The van der Waals surface area contributed by atoms with E-state index >= 15 is 0 Å². The number of hydrogen-bond donors (Lipinski definition) is 2. The van der Waals surface area contributed by atoms with Gasteiger partial charge < -0.3 is 15.2 Å². The number of aromatic nitrogens is 2. The summed E-state index contributed by atoms with van der Waals surface area (Å²) in [4.78, 5) is 19.3. The van der Waals surface area contributed by atoms with Gasteiger partial charge in [-0.1, -0.05) is 0 Å². The number of anilines is 1. The number of carbonyl (C=O) groups is 1. The van der Waals surface area contributed by atoms with Crippen LogP contribution in [0.4, 0.5) is 5.95 Å². The summed E-state index contributed by atoms with van der Waals surface area (Å²) in [5.41, 5.74) is 10.3. The second-order valence-corrected chi connectivity index (χ2v) is 5.01. The van der Waals surface area contributed by atoms with Crippen molar-refractivity contribution >= 4 is 18.1 Å². The van der Waals surface area contributed by atoms with Crippen molar-refractivity contribution in [2.75, 3.05) is 19.1 Å². The maximum atomic E-state index is 10.8. The van der Waals surface area contributed by atoms with Gasteiger partial charge in [-0.25, -0.2) is 15.4 Å². The van der Waals surface area contributed by atoms with Gasteiger partial charge in [0, 0.05) is 11.4 Å². The van der Waals surface area contributed by atoms with Crippen molar-refractivity contribution in [2.24, 2.45) is 10.8 Å². The molecule has 24 heavy (non-hydrogen) atoms. The molecule has 0 aliphatic rings. The number of hydrogen-bond acceptors (Lipinski definition) is 7. The lowest BCUT2D eigenvalue weighted by atomic mass is 10.2. The highest BCUT2D eigenvalue weighted by Gasteiger charge is 2.06. The number of primary amides is 1. The van der Waals surface area contributed by atoms with Crippen LogP contribution in [0, 0.1) is 13.8 Å². The minimum atomic E-state index is -0.565. The standard InChI is InChI=1S/C16H19N5O3/c1-10-6-11(2)20-16(19-10)21-18-8-12-4-5-13(23-3)14(7-12)24-9-15(17)22/h4-8H,9H2,1-3H3,(H2,17,22)(H,19,20,21)/b18-8-. The highest BCUT2D eigenvalue weighted by atomic mass is 16.5. The minimum absolute atomic E-state index is 0.231. The molecule has 0 spiro atoms. The summed E-state index contributed by atoms with van der Waals surface area (Å²) in [6.45, 7) is 3.54. The summed E-state index contributed by atoms with van der Waals surface area (Å²) >= 11 is 0. The number of aryl methyl sites for hydroxylation is 2. The second-order valence-electron chi connectivity index (χ2n) is 5.01. The Bertz CT molecular complexity index is 741. The van der Waals surface area contributed by atoms with Gasteiger partial charge in [0.2, 0.25) is 5.95 Å². The molecule has 1 amide bonds. The van der Waals surface area contributed by atoms with E-state index in [9.17, 15) is 4.79 Å². The van der Waals surface area contributed by atoms with Gasteiger partial charge in [0.25, 0.3) is 5.91 Å². The molecule has 0 bridgehead atoms. The Labute approximate surface area is 139 Å². The minimum Gasteiger partial charge on any atom is -0.493 e. The molecule has 0 aliphatic carbocycles. The normalized spacial score (nSPS) is 10.6. The van der Waals surface area contributed by atoms with E-state index in [2.05, 4.69) is 20.5 Å². The third kappa shape index (κ3) is 4.94. The molecule has 8 heteroatoms. The maximum absolute atomic E-state index is 10.8. The third-order valence-electron chi connectivity index (χ3n) is 2.92. The molecule has 3 N–H and O–H groups in total. The van der Waals surface area contributed by atoms with Crippen molar-refractivity contribution in [3.05, 3.63) is 41.2 Å². The van der Waals surface area contributed by atoms with Gasteiger partial charge in [-0.15, -0.1) is 0 Å². The van der Waals surface area contributed by atoms with Gasteiger partial charge in [0.15, 0.2) is 18.1 Å². The van der Waals surface area contributed by atoms with Gasteiger partial charge >= 0.3 is 0 Å². The van der Waals surface area contributed by atoms with Crippen LogP contribution in [0.5, 0.6) is 11.5 Å². The molecule has 0 unspecified atom stereocenters. The van der Waals surface area contributed by atoms with Crippen LogP contribution in [-0.2, 0) is 4.79 Å². The second kappa shape index (κ2) is 7.91. The average molecular weight is 329 g/mol. The summed E-state index contributed by atoms with van der Waals surface area (Å²) in [5.74, 6) is 0.758. The zero-order valence-electron chi connectivity index (χ0n) is 13.7. The van der Waals surface area contributed by atoms with Gasteiger partial charge in [0.1, 0.15) is 0 Å². The van der Waals surface area contributed by atoms with Crippen LogP contribution in [0.3, 0.4) is 0 Å². The number of benzene rings is 1. The number of carbonyl (C=O) groups excluding carboxylic acids is 1. The summed E-state index contributed by atoms with van der Waals surface area (Å²) in [5, 5.41) is 4.10. The van der Waals surface area contributed by atoms with Gasteiger partial charge in [-0.05, 0) is 43.7 Å². The van der Waals surface area contributed by atoms with Crippen LogP contribution in [0.15, 0.2) is 29.4 Å². The van der Waals surface area contributed by atoms with Crippen molar-refractivity contribution < 1.29 is 14.3 Å². The number of ether oxygens (including phenoxy) is 2. The molecule has 0 atom stereocenters. The third-order valence-corrected chi connectivity index (χ3v) is 2.92. The highest BCUT2D eigenvalue weighted by Crippen LogP contribution is 2.27. The number of hydrazone groups is 1. The van der Waals surface area contributed by atoms with Crippen LogP contribution in [0.1, 0.15) is 17.0 Å². The number of nitrogens with one attached hydrogen (secondary N) is 1. The smallest absolute Gasteiger partial charge is 0.255 e. The molecule has 0 saturated heterocycles. The molecular formula is C16H19N5O3. The Balaban J connectivity index is 2.10. The van der Waals surface area contributed by atoms with Crippen LogP contribution < -0.4 is 20.6 Å². The zero-order valence-corrected chi connectivity index (χ0v) is 13.7. The van der Waals surface area contributed by atoms with Crippen molar-refractivity contribution in [3.8, 4) is 11.5 Å². The van der Waals surface area contributed by atoms with Gasteiger partial charge in [-0.3, -0.25) is 4.79 Å². The lowest BCUT2D eigenvalue weighted by molar-refractivity contribution is -0.119. The first kappa shape index (κ1) is 17.2. The summed E-state index contributed by atoms with van der Waals surface area (Å²) in [6, 6.07) is 7.07. The largest absolute Gasteiger partial charge is 0.493 e. The molecule has 1 heterocycles. The highest BCUT2D eigenvalue weighted by molar-refractivity contribution is 5.81. The molecule has 8 nitrogen and oxygen atoms in total. The molecule has 126 valence electrons. The Morgan fingerprint density at radius 2 is 1.96 bits per heavy atom. The van der Waals surface area contributed by atoms with Crippen molar-refractivity contribution in [2.45, 2.75) is 13.8 Å². The fourth-order valence-corrected chi connectivity index (χ4v) is 1.98. The molecule has 1 aromatic heterocycles. The van der Waals surface area contributed by atoms with Crippen LogP contribution >= 0.6 is 0 Å². The van der Waals surface area contributed by atoms with E-state index in [1.807, 2.05) is 19.9 Å². The quantitative estimate of drug-likeness (QED) is 0.587. The SMILES string of the molecule is COc1ccc(/C=N\Nc2nc(C)cc(C)n2)cc1OCC(N)=O. The average Bonchev–Trinajstić information content (AvgIpc) is 2.52. The number of amides is 1. The first-order valence-corrected chi connectivity index (χ1v) is 7.18. The van der Waals surface area contributed by atoms with E-state index in [1.165, 1.54) is 7.11 Å². The Morgan fingerprint density at radius 3 is 2.58 bits per heavy atom. The Hall–Kier alpha value is -3.16. The topological polar surface area (TPSA) is 112 Å².